The summed E-state index contributed by atoms with van der Waals surface area (Å²) in [5.41, 5.74) is -0.582. The molecule has 188 valence electrons. The molecular formula is C29H36O6. The molecular weight excluding hydrogens is 444 g/mol. The molecule has 8 aliphatic rings. The number of hydrogen-bond donors (Lipinski definition) is 0. The fourth-order valence-electron chi connectivity index (χ4n) is 10.4. The maximum Gasteiger partial charge on any atom is 0.347 e. The molecule has 7 saturated carbocycles. The van der Waals surface area contributed by atoms with E-state index in [2.05, 4.69) is 0 Å². The second kappa shape index (κ2) is 7.07. The Hall–Kier alpha value is -1.98. The van der Waals surface area contributed by atoms with Crippen LogP contribution in [-0.2, 0) is 28.7 Å². The normalized spacial score (nSPS) is 49.0. The summed E-state index contributed by atoms with van der Waals surface area (Å²) in [6, 6.07) is 0. The molecule has 0 saturated heterocycles. The number of allylic oxidation sites excluding steroid dienone is 2. The van der Waals surface area contributed by atoms with Crippen LogP contribution in [0.25, 0.3) is 0 Å². The molecule has 0 heterocycles. The lowest BCUT2D eigenvalue weighted by atomic mass is 9.46. The molecule has 8 rings (SSSR count). The third-order valence-electron chi connectivity index (χ3n) is 11.6. The Morgan fingerprint density at radius 1 is 0.914 bits per heavy atom. The molecule has 0 amide bonds. The molecule has 8 aliphatic carbocycles. The zero-order chi connectivity index (χ0) is 24.4. The Morgan fingerprint density at radius 2 is 1.49 bits per heavy atom. The third kappa shape index (κ3) is 2.88. The van der Waals surface area contributed by atoms with Crippen LogP contribution < -0.4 is 0 Å². The zero-order valence-corrected chi connectivity index (χ0v) is 20.9. The molecule has 0 aliphatic heterocycles. The van der Waals surface area contributed by atoms with Gasteiger partial charge in [0.2, 0.25) is 0 Å². The molecule has 8 bridgehead atoms. The van der Waals surface area contributed by atoms with Gasteiger partial charge in [-0.05, 0) is 95.3 Å². The molecule has 0 aromatic heterocycles. The highest BCUT2D eigenvalue weighted by atomic mass is 16.6. The van der Waals surface area contributed by atoms with Crippen LogP contribution in [0.5, 0.6) is 0 Å². The van der Waals surface area contributed by atoms with Crippen LogP contribution in [0.1, 0.15) is 65.7 Å². The van der Waals surface area contributed by atoms with Crippen molar-refractivity contribution in [3.05, 3.63) is 12.2 Å². The first-order valence-electron chi connectivity index (χ1n) is 13.8. The summed E-state index contributed by atoms with van der Waals surface area (Å²) in [5, 5.41) is 0. The van der Waals surface area contributed by atoms with Crippen LogP contribution in [0, 0.1) is 64.6 Å². The van der Waals surface area contributed by atoms with Crippen molar-refractivity contribution in [3.63, 3.8) is 0 Å². The molecule has 6 nitrogen and oxygen atoms in total. The van der Waals surface area contributed by atoms with Crippen molar-refractivity contribution < 1.29 is 28.7 Å². The van der Waals surface area contributed by atoms with E-state index in [4.69, 9.17) is 9.47 Å². The average Bonchev–Trinajstić information content (AvgIpc) is 3.48. The second-order valence-corrected chi connectivity index (χ2v) is 13.6. The number of esters is 2. The fraction of sp³-hybridized carbons (Fsp3) is 0.793. The van der Waals surface area contributed by atoms with Gasteiger partial charge in [-0.3, -0.25) is 14.4 Å². The largest absolute Gasteiger partial charge is 0.456 e. The SMILES string of the molecule is CC(OC(=O)C1CC2C(=O)C1C1C3C=CC(C3=O)C21)C(=O)OC(C)(C)C12CC3CC(CC(C3)C1)C2. The van der Waals surface area contributed by atoms with Gasteiger partial charge in [-0.1, -0.05) is 12.2 Å². The Kier molecular flexibility index (Phi) is 4.49. The zero-order valence-electron chi connectivity index (χ0n) is 20.9. The van der Waals surface area contributed by atoms with Crippen molar-refractivity contribution in [2.45, 2.75) is 77.4 Å². The van der Waals surface area contributed by atoms with Gasteiger partial charge in [0, 0.05) is 29.1 Å². The van der Waals surface area contributed by atoms with E-state index >= 15 is 0 Å². The first-order valence-corrected chi connectivity index (χ1v) is 13.8. The third-order valence-corrected chi connectivity index (χ3v) is 11.6. The molecule has 35 heavy (non-hydrogen) atoms. The van der Waals surface area contributed by atoms with Gasteiger partial charge in [-0.2, -0.15) is 0 Å². The van der Waals surface area contributed by atoms with Crippen LogP contribution in [0.15, 0.2) is 12.2 Å². The topological polar surface area (TPSA) is 86.7 Å². The lowest BCUT2D eigenvalue weighted by Crippen LogP contribution is -2.58. The number of carbonyl (C=O) groups excluding carboxylic acids is 4. The summed E-state index contributed by atoms with van der Waals surface area (Å²) in [5.74, 6) is -0.0383. The summed E-state index contributed by atoms with van der Waals surface area (Å²) >= 11 is 0. The molecule has 0 aromatic carbocycles. The minimum atomic E-state index is -1.01. The number of hydrogen-bond acceptors (Lipinski definition) is 6. The van der Waals surface area contributed by atoms with Gasteiger partial charge in [0.1, 0.15) is 17.2 Å². The molecule has 7 fully saturated rings. The summed E-state index contributed by atoms with van der Waals surface area (Å²) in [4.78, 5) is 51.9. The van der Waals surface area contributed by atoms with Gasteiger partial charge >= 0.3 is 11.9 Å². The quantitative estimate of drug-likeness (QED) is 0.337. The Balaban J connectivity index is 1.02. The van der Waals surface area contributed by atoms with E-state index in [-0.39, 0.29) is 46.6 Å². The molecule has 0 aromatic rings. The Morgan fingerprint density at radius 3 is 2.09 bits per heavy atom. The minimum Gasteiger partial charge on any atom is -0.456 e. The standard InChI is InChI=1S/C29H36O6/c1-13(26(32)35-28(2,3)29-10-14-6-15(11-29)8-16(7-14)12-29)34-27(33)20-9-19-21-17-4-5-18(24(17)30)22(21)23(20)25(19)31/h4-5,13-23H,6-12H2,1-3H3. The first kappa shape index (κ1) is 22.2. The lowest BCUT2D eigenvalue weighted by Gasteiger charge is -2.61. The number of Topliss-reactive ketones (excluding diaryl/α,β-unsaturated/α-hetero) is 2. The smallest absolute Gasteiger partial charge is 0.347 e. The summed E-state index contributed by atoms with van der Waals surface area (Å²) in [7, 11) is 0. The maximum absolute atomic E-state index is 13.2. The van der Waals surface area contributed by atoms with Crippen molar-refractivity contribution in [2.75, 3.05) is 0 Å². The van der Waals surface area contributed by atoms with Gasteiger partial charge in [0.25, 0.3) is 0 Å². The molecule has 0 spiro atoms. The summed E-state index contributed by atoms with van der Waals surface area (Å²) < 4.78 is 11.8. The van der Waals surface area contributed by atoms with Crippen molar-refractivity contribution >= 4 is 23.5 Å². The van der Waals surface area contributed by atoms with Crippen LogP contribution in [0.3, 0.4) is 0 Å². The predicted octanol–water partition coefficient (Wildman–Crippen LogP) is 3.91. The van der Waals surface area contributed by atoms with Crippen LogP contribution in [0.2, 0.25) is 0 Å². The van der Waals surface area contributed by atoms with Crippen LogP contribution in [0.4, 0.5) is 0 Å². The summed E-state index contributed by atoms with van der Waals surface area (Å²) in [6.07, 6.45) is 10.7. The van der Waals surface area contributed by atoms with Crippen molar-refractivity contribution in [2.24, 2.45) is 64.6 Å². The summed E-state index contributed by atoms with van der Waals surface area (Å²) in [6.45, 7) is 5.67. The highest BCUT2D eigenvalue weighted by molar-refractivity contribution is 6.01. The van der Waals surface area contributed by atoms with E-state index in [1.54, 1.807) is 6.92 Å². The van der Waals surface area contributed by atoms with Crippen LogP contribution in [-0.4, -0.2) is 35.2 Å². The number of carbonyl (C=O) groups is 4. The van der Waals surface area contributed by atoms with E-state index in [0.29, 0.717) is 6.42 Å². The van der Waals surface area contributed by atoms with Gasteiger partial charge in [-0.25, -0.2) is 4.79 Å². The van der Waals surface area contributed by atoms with E-state index in [1.807, 2.05) is 26.0 Å². The van der Waals surface area contributed by atoms with Crippen molar-refractivity contribution in [1.29, 1.82) is 0 Å². The Bertz CT molecular complexity index is 1020. The van der Waals surface area contributed by atoms with E-state index in [1.165, 1.54) is 19.3 Å². The second-order valence-electron chi connectivity index (χ2n) is 13.6. The number of rotatable bonds is 5. The molecule has 0 radical (unpaired) electrons. The molecule has 8 unspecified atom stereocenters. The van der Waals surface area contributed by atoms with Crippen molar-refractivity contribution in [3.8, 4) is 0 Å². The monoisotopic (exact) mass is 480 g/mol. The van der Waals surface area contributed by atoms with E-state index in [9.17, 15) is 19.2 Å². The molecule has 8 atom stereocenters. The lowest BCUT2D eigenvalue weighted by molar-refractivity contribution is -0.208. The van der Waals surface area contributed by atoms with Gasteiger partial charge < -0.3 is 9.47 Å². The highest BCUT2D eigenvalue weighted by Crippen LogP contribution is 2.65. The van der Waals surface area contributed by atoms with Gasteiger partial charge in [0.05, 0.1) is 5.92 Å². The van der Waals surface area contributed by atoms with Crippen LogP contribution >= 0.6 is 0 Å². The Labute approximate surface area is 206 Å². The predicted molar refractivity (Wildman–Crippen MR) is 125 cm³/mol. The number of fused-ring (bicyclic) bond motifs is 9. The highest BCUT2D eigenvalue weighted by Gasteiger charge is 2.70. The molecule has 0 N–H and O–H groups in total. The van der Waals surface area contributed by atoms with Crippen molar-refractivity contribution in [1.82, 2.24) is 0 Å². The van der Waals surface area contributed by atoms with Gasteiger partial charge in [0.15, 0.2) is 6.10 Å². The van der Waals surface area contributed by atoms with E-state index in [0.717, 1.165) is 37.0 Å². The fourth-order valence-corrected chi connectivity index (χ4v) is 10.4. The number of ketones is 2. The van der Waals surface area contributed by atoms with Gasteiger partial charge in [-0.15, -0.1) is 0 Å². The molecule has 6 heteroatoms. The average molecular weight is 481 g/mol. The minimum absolute atomic E-state index is 0.0228. The maximum atomic E-state index is 13.2. The van der Waals surface area contributed by atoms with E-state index < -0.39 is 35.5 Å². The number of ether oxygens (including phenoxy) is 2. The first-order chi connectivity index (χ1) is 16.6.